The largest absolute Gasteiger partial charge is 0.479 e. The Hall–Kier alpha value is -2.34. The van der Waals surface area contributed by atoms with Crippen molar-refractivity contribution in [1.29, 1.82) is 0 Å². The monoisotopic (exact) mass is 419 g/mol. The summed E-state index contributed by atoms with van der Waals surface area (Å²) >= 11 is 3.49. The van der Waals surface area contributed by atoms with E-state index in [-0.39, 0.29) is 17.3 Å². The average Bonchev–Trinajstić information content (AvgIpc) is 2.59. The molecule has 0 aliphatic carbocycles. The molecule has 0 aromatic heterocycles. The maximum Gasteiger partial charge on any atom is 0.337 e. The lowest BCUT2D eigenvalue weighted by molar-refractivity contribution is -0.133. The van der Waals surface area contributed by atoms with Crippen LogP contribution in [-0.4, -0.2) is 17.7 Å². The van der Waals surface area contributed by atoms with E-state index in [2.05, 4.69) is 15.9 Å². The number of benzene rings is 2. The molecule has 1 unspecified atom stereocenters. The van der Waals surface area contributed by atoms with Crippen molar-refractivity contribution in [1.82, 2.24) is 0 Å². The molecule has 1 aliphatic rings. The molecule has 0 amide bonds. The first-order valence-electron chi connectivity index (χ1n) is 8.34. The number of halogens is 2. The summed E-state index contributed by atoms with van der Waals surface area (Å²) in [7, 11) is 0. The standard InChI is InChI=1S/C20H19BrFNO3/c1-3-26-19-18(20(24)25)12(2)16-9-6-14(21)10-17(16)23(19)11-13-4-7-15(22)8-5-13/h4-10,12H,3,11H2,1-2H3,(H,24,25). The molecule has 1 heterocycles. The van der Waals surface area contributed by atoms with Crippen LogP contribution in [0.5, 0.6) is 0 Å². The number of carboxylic acids is 1. The zero-order valence-corrected chi connectivity index (χ0v) is 16.1. The van der Waals surface area contributed by atoms with E-state index in [0.717, 1.165) is 21.3 Å². The van der Waals surface area contributed by atoms with E-state index in [1.165, 1.54) is 12.1 Å². The Morgan fingerprint density at radius 3 is 2.58 bits per heavy atom. The Balaban J connectivity index is 2.15. The van der Waals surface area contributed by atoms with Gasteiger partial charge < -0.3 is 14.7 Å². The van der Waals surface area contributed by atoms with Crippen LogP contribution < -0.4 is 4.90 Å². The molecule has 0 spiro atoms. The Morgan fingerprint density at radius 2 is 1.96 bits per heavy atom. The molecule has 136 valence electrons. The Bertz CT molecular complexity index is 864. The van der Waals surface area contributed by atoms with Crippen molar-refractivity contribution in [2.24, 2.45) is 0 Å². The molecule has 4 nitrogen and oxygen atoms in total. The number of ether oxygens (including phenoxy) is 1. The molecule has 1 N–H and O–H groups in total. The third kappa shape index (κ3) is 3.46. The van der Waals surface area contributed by atoms with Crippen LogP contribution >= 0.6 is 15.9 Å². The molecule has 1 atom stereocenters. The molecule has 0 fully saturated rings. The third-order valence-electron chi connectivity index (χ3n) is 4.42. The Kier molecular flexibility index (Phi) is 5.32. The second kappa shape index (κ2) is 7.50. The van der Waals surface area contributed by atoms with Crippen molar-refractivity contribution in [3.63, 3.8) is 0 Å². The fourth-order valence-corrected chi connectivity index (χ4v) is 3.56. The number of fused-ring (bicyclic) bond motifs is 1. The van der Waals surface area contributed by atoms with Crippen molar-refractivity contribution in [3.8, 4) is 0 Å². The van der Waals surface area contributed by atoms with E-state index >= 15 is 0 Å². The minimum Gasteiger partial charge on any atom is -0.479 e. The van der Waals surface area contributed by atoms with Gasteiger partial charge in [-0.15, -0.1) is 0 Å². The zero-order chi connectivity index (χ0) is 18.8. The summed E-state index contributed by atoms with van der Waals surface area (Å²) in [5.74, 6) is -1.28. The fourth-order valence-electron chi connectivity index (χ4n) is 3.21. The molecule has 26 heavy (non-hydrogen) atoms. The molecule has 0 radical (unpaired) electrons. The normalized spacial score (nSPS) is 16.5. The quantitative estimate of drug-likeness (QED) is 0.736. The number of hydrogen-bond donors (Lipinski definition) is 1. The lowest BCUT2D eigenvalue weighted by Crippen LogP contribution is -2.33. The van der Waals surface area contributed by atoms with Crippen molar-refractivity contribution in [2.45, 2.75) is 26.3 Å². The van der Waals surface area contributed by atoms with E-state index in [1.807, 2.05) is 36.9 Å². The number of carbonyl (C=O) groups is 1. The average molecular weight is 420 g/mol. The van der Waals surface area contributed by atoms with Gasteiger partial charge in [-0.05, 0) is 42.3 Å². The third-order valence-corrected chi connectivity index (χ3v) is 4.92. The summed E-state index contributed by atoms with van der Waals surface area (Å²) < 4.78 is 19.9. The first kappa shape index (κ1) is 18.5. The molecule has 0 saturated heterocycles. The second-order valence-electron chi connectivity index (χ2n) is 6.09. The first-order valence-corrected chi connectivity index (χ1v) is 9.13. The molecule has 0 saturated carbocycles. The fraction of sp³-hybridized carbons (Fsp3) is 0.250. The van der Waals surface area contributed by atoms with Crippen LogP contribution in [0.4, 0.5) is 10.1 Å². The lowest BCUT2D eigenvalue weighted by Gasteiger charge is -2.36. The topological polar surface area (TPSA) is 49.8 Å². The van der Waals surface area contributed by atoms with E-state index in [4.69, 9.17) is 4.74 Å². The lowest BCUT2D eigenvalue weighted by atomic mass is 9.88. The van der Waals surface area contributed by atoms with Gasteiger partial charge in [0.05, 0.1) is 13.2 Å². The summed E-state index contributed by atoms with van der Waals surface area (Å²) in [6.07, 6.45) is 0. The Labute approximate surface area is 160 Å². The van der Waals surface area contributed by atoms with Crippen molar-refractivity contribution in [3.05, 3.63) is 75.3 Å². The number of nitrogens with zero attached hydrogens (tertiary/aromatic N) is 1. The van der Waals surface area contributed by atoms with Gasteiger partial charge in [0, 0.05) is 16.1 Å². The number of aliphatic carboxylic acids is 1. The van der Waals surface area contributed by atoms with Crippen LogP contribution in [-0.2, 0) is 16.1 Å². The summed E-state index contributed by atoms with van der Waals surface area (Å²) in [6.45, 7) is 4.42. The minimum atomic E-state index is -1.00. The maximum atomic E-state index is 13.2. The van der Waals surface area contributed by atoms with Gasteiger partial charge in [-0.3, -0.25) is 0 Å². The van der Waals surface area contributed by atoms with Gasteiger partial charge in [0.25, 0.3) is 0 Å². The van der Waals surface area contributed by atoms with E-state index in [9.17, 15) is 14.3 Å². The summed E-state index contributed by atoms with van der Waals surface area (Å²) in [5, 5.41) is 9.78. The summed E-state index contributed by atoms with van der Waals surface area (Å²) in [4.78, 5) is 13.8. The highest BCUT2D eigenvalue weighted by Crippen LogP contribution is 2.43. The molecule has 0 bridgehead atoms. The first-order chi connectivity index (χ1) is 12.4. The number of hydrogen-bond acceptors (Lipinski definition) is 3. The maximum absolute atomic E-state index is 13.2. The molecular weight excluding hydrogens is 401 g/mol. The van der Waals surface area contributed by atoms with E-state index < -0.39 is 5.97 Å². The predicted octanol–water partition coefficient (Wildman–Crippen LogP) is 5.04. The smallest absolute Gasteiger partial charge is 0.337 e. The van der Waals surface area contributed by atoms with Crippen molar-refractivity contribution < 1.29 is 19.0 Å². The highest BCUT2D eigenvalue weighted by molar-refractivity contribution is 9.10. The molecular formula is C20H19BrFNO3. The molecule has 1 aliphatic heterocycles. The molecule has 2 aromatic rings. The molecule has 3 rings (SSSR count). The van der Waals surface area contributed by atoms with Crippen LogP contribution in [0.25, 0.3) is 0 Å². The highest BCUT2D eigenvalue weighted by Gasteiger charge is 2.35. The highest BCUT2D eigenvalue weighted by atomic mass is 79.9. The van der Waals surface area contributed by atoms with Crippen LogP contribution in [0.15, 0.2) is 58.4 Å². The van der Waals surface area contributed by atoms with Gasteiger partial charge >= 0.3 is 5.97 Å². The van der Waals surface area contributed by atoms with Crippen LogP contribution in [0.1, 0.15) is 30.9 Å². The number of rotatable bonds is 5. The SMILES string of the molecule is CCOC1=C(C(=O)O)C(C)c2ccc(Br)cc2N1Cc1ccc(F)cc1. The van der Waals surface area contributed by atoms with Crippen LogP contribution in [0.2, 0.25) is 0 Å². The van der Waals surface area contributed by atoms with E-state index in [1.54, 1.807) is 12.1 Å². The molecule has 6 heteroatoms. The van der Waals surface area contributed by atoms with Gasteiger partial charge in [0.1, 0.15) is 11.4 Å². The minimum absolute atomic E-state index is 0.226. The second-order valence-corrected chi connectivity index (χ2v) is 7.01. The van der Waals surface area contributed by atoms with Gasteiger partial charge in [-0.25, -0.2) is 9.18 Å². The van der Waals surface area contributed by atoms with Crippen LogP contribution in [0, 0.1) is 5.82 Å². The zero-order valence-electron chi connectivity index (χ0n) is 14.5. The predicted molar refractivity (Wildman–Crippen MR) is 101 cm³/mol. The van der Waals surface area contributed by atoms with Crippen molar-refractivity contribution >= 4 is 27.6 Å². The van der Waals surface area contributed by atoms with Gasteiger partial charge in [0.2, 0.25) is 5.88 Å². The van der Waals surface area contributed by atoms with Gasteiger partial charge in [0.15, 0.2) is 0 Å². The Morgan fingerprint density at radius 1 is 1.27 bits per heavy atom. The number of carboxylic acid groups (broad SMARTS) is 1. The number of anilines is 1. The van der Waals surface area contributed by atoms with Crippen molar-refractivity contribution in [2.75, 3.05) is 11.5 Å². The van der Waals surface area contributed by atoms with Gasteiger partial charge in [-0.2, -0.15) is 0 Å². The summed E-state index contributed by atoms with van der Waals surface area (Å²) in [6, 6.07) is 11.9. The van der Waals surface area contributed by atoms with Crippen LogP contribution in [0.3, 0.4) is 0 Å². The summed E-state index contributed by atoms with van der Waals surface area (Å²) in [5.41, 5.74) is 2.87. The van der Waals surface area contributed by atoms with E-state index in [0.29, 0.717) is 19.0 Å². The van der Waals surface area contributed by atoms with Gasteiger partial charge in [-0.1, -0.05) is 41.1 Å². The molecule has 2 aromatic carbocycles.